The van der Waals surface area contributed by atoms with Crippen LogP contribution in [-0.2, 0) is 11.8 Å². The molecule has 1 saturated heterocycles. The van der Waals surface area contributed by atoms with Crippen molar-refractivity contribution >= 4 is 11.9 Å². The Balaban J connectivity index is 1.91. The number of hydrogen-bond donors (Lipinski definition) is 3. The molecule has 0 spiro atoms. The highest BCUT2D eigenvalue weighted by Gasteiger charge is 2.41. The summed E-state index contributed by atoms with van der Waals surface area (Å²) >= 11 is 0. The van der Waals surface area contributed by atoms with Crippen molar-refractivity contribution in [2.45, 2.75) is 31.8 Å². The van der Waals surface area contributed by atoms with Gasteiger partial charge in [-0.1, -0.05) is 30.3 Å². The minimum absolute atomic E-state index is 0.236. The summed E-state index contributed by atoms with van der Waals surface area (Å²) in [6, 6.07) is 13.3. The van der Waals surface area contributed by atoms with Crippen LogP contribution >= 0.6 is 0 Å². The molecule has 138 valence electrons. The Morgan fingerprint density at radius 3 is 2.65 bits per heavy atom. The van der Waals surface area contributed by atoms with Crippen molar-refractivity contribution in [2.24, 2.45) is 7.05 Å². The fourth-order valence-corrected chi connectivity index (χ4v) is 3.96. The zero-order valence-electron chi connectivity index (χ0n) is 15.4. The van der Waals surface area contributed by atoms with Crippen LogP contribution < -0.4 is 15.5 Å². The number of nitrogens with one attached hydrogen (secondary N) is 3. The van der Waals surface area contributed by atoms with Crippen molar-refractivity contribution in [3.05, 3.63) is 59.9 Å². The van der Waals surface area contributed by atoms with Crippen LogP contribution in [0.25, 0.3) is 0 Å². The lowest BCUT2D eigenvalue weighted by Crippen LogP contribution is -3.12. The Hall–Kier alpha value is -2.60. The third kappa shape index (κ3) is 3.80. The summed E-state index contributed by atoms with van der Waals surface area (Å²) in [5.41, 5.74) is 2.16. The number of amides is 3. The zero-order chi connectivity index (χ0) is 18.5. The van der Waals surface area contributed by atoms with Gasteiger partial charge in [-0.05, 0) is 19.1 Å². The van der Waals surface area contributed by atoms with E-state index in [4.69, 9.17) is 0 Å². The van der Waals surface area contributed by atoms with Crippen molar-refractivity contribution in [3.8, 4) is 0 Å². The van der Waals surface area contributed by atoms with Gasteiger partial charge in [0.1, 0.15) is 6.04 Å². The maximum absolute atomic E-state index is 13.0. The SMILES string of the molecule is CCNC(=O)NC(=O)[C@@H](c1ccccc1)[NH+]1CCC[C@@H]1c1cccn1C. The molecular weight excluding hydrogens is 328 g/mol. The minimum Gasteiger partial charge on any atom is -0.350 e. The van der Waals surface area contributed by atoms with Gasteiger partial charge < -0.3 is 14.8 Å². The number of urea groups is 1. The lowest BCUT2D eigenvalue weighted by molar-refractivity contribution is -0.940. The Morgan fingerprint density at radius 2 is 2.00 bits per heavy atom. The van der Waals surface area contributed by atoms with E-state index >= 15 is 0 Å². The molecule has 1 unspecified atom stereocenters. The van der Waals surface area contributed by atoms with Gasteiger partial charge in [0, 0.05) is 38.2 Å². The zero-order valence-corrected chi connectivity index (χ0v) is 15.4. The van der Waals surface area contributed by atoms with Gasteiger partial charge in [0.15, 0.2) is 6.04 Å². The van der Waals surface area contributed by atoms with Gasteiger partial charge in [-0.15, -0.1) is 0 Å². The van der Waals surface area contributed by atoms with Crippen molar-refractivity contribution in [3.63, 3.8) is 0 Å². The maximum atomic E-state index is 13.0. The predicted octanol–water partition coefficient (Wildman–Crippen LogP) is 1.33. The van der Waals surface area contributed by atoms with E-state index in [-0.39, 0.29) is 11.9 Å². The fourth-order valence-electron chi connectivity index (χ4n) is 3.96. The first-order chi connectivity index (χ1) is 12.6. The van der Waals surface area contributed by atoms with E-state index in [2.05, 4.69) is 21.3 Å². The molecule has 6 nitrogen and oxygen atoms in total. The molecule has 1 aromatic carbocycles. The van der Waals surface area contributed by atoms with Gasteiger partial charge in [-0.2, -0.15) is 0 Å². The van der Waals surface area contributed by atoms with Crippen molar-refractivity contribution in [1.29, 1.82) is 0 Å². The molecule has 3 amide bonds. The summed E-state index contributed by atoms with van der Waals surface area (Å²) < 4.78 is 2.12. The summed E-state index contributed by atoms with van der Waals surface area (Å²) in [5, 5.41) is 5.16. The normalized spacial score (nSPS) is 20.5. The van der Waals surface area contributed by atoms with E-state index in [1.807, 2.05) is 56.6 Å². The number of hydrogen-bond acceptors (Lipinski definition) is 2. The van der Waals surface area contributed by atoms with Crippen LogP contribution in [0.5, 0.6) is 0 Å². The van der Waals surface area contributed by atoms with Gasteiger partial charge in [-0.3, -0.25) is 10.1 Å². The number of carbonyl (C=O) groups excluding carboxylic acids is 2. The van der Waals surface area contributed by atoms with E-state index in [0.29, 0.717) is 6.54 Å². The van der Waals surface area contributed by atoms with Gasteiger partial charge in [0.2, 0.25) is 0 Å². The number of nitrogens with zero attached hydrogens (tertiary/aromatic N) is 1. The Kier molecular flexibility index (Phi) is 5.73. The van der Waals surface area contributed by atoms with Gasteiger partial charge in [-0.25, -0.2) is 4.79 Å². The molecule has 6 heteroatoms. The van der Waals surface area contributed by atoms with Gasteiger partial charge in [0.05, 0.1) is 12.2 Å². The molecule has 3 rings (SSSR count). The number of benzene rings is 1. The van der Waals surface area contributed by atoms with Crippen molar-refractivity contribution in [1.82, 2.24) is 15.2 Å². The number of rotatable bonds is 5. The maximum Gasteiger partial charge on any atom is 0.321 e. The average Bonchev–Trinajstić information content (AvgIpc) is 3.25. The van der Waals surface area contributed by atoms with E-state index < -0.39 is 12.1 Å². The van der Waals surface area contributed by atoms with E-state index in [1.54, 1.807) is 0 Å². The number of aromatic nitrogens is 1. The Labute approximate surface area is 154 Å². The summed E-state index contributed by atoms with van der Waals surface area (Å²) in [4.78, 5) is 26.1. The number of aryl methyl sites for hydroxylation is 1. The van der Waals surface area contributed by atoms with Crippen LogP contribution in [0.1, 0.15) is 43.1 Å². The summed E-state index contributed by atoms with van der Waals surface area (Å²) in [6.45, 7) is 3.21. The van der Waals surface area contributed by atoms with E-state index in [0.717, 1.165) is 24.9 Å². The van der Waals surface area contributed by atoms with Gasteiger partial charge in [0.25, 0.3) is 5.91 Å². The Morgan fingerprint density at radius 1 is 1.23 bits per heavy atom. The Bertz CT molecular complexity index is 756. The second-order valence-corrected chi connectivity index (χ2v) is 6.76. The highest BCUT2D eigenvalue weighted by atomic mass is 16.2. The standard InChI is InChI=1S/C20H26N4O2/c1-3-21-20(26)22-19(25)18(15-9-5-4-6-10-15)24-14-8-12-17(24)16-11-7-13-23(16)2/h4-7,9-11,13,17-18H,3,8,12,14H2,1-2H3,(H2,21,22,25,26)/p+1/t17-,18-/m1/s1. The van der Waals surface area contributed by atoms with E-state index in [1.165, 1.54) is 10.6 Å². The third-order valence-electron chi connectivity index (χ3n) is 5.09. The molecule has 1 aliphatic heterocycles. The number of carbonyl (C=O) groups is 2. The quantitative estimate of drug-likeness (QED) is 0.758. The number of quaternary nitrogens is 1. The summed E-state index contributed by atoms with van der Waals surface area (Å²) in [6.07, 6.45) is 4.13. The first-order valence-corrected chi connectivity index (χ1v) is 9.22. The van der Waals surface area contributed by atoms with Crippen LogP contribution in [0, 0.1) is 0 Å². The lowest BCUT2D eigenvalue weighted by atomic mass is 10.0. The second kappa shape index (κ2) is 8.19. The monoisotopic (exact) mass is 355 g/mol. The predicted molar refractivity (Wildman–Crippen MR) is 99.6 cm³/mol. The molecule has 0 aliphatic carbocycles. The first kappa shape index (κ1) is 18.2. The highest BCUT2D eigenvalue weighted by molar-refractivity contribution is 5.96. The summed E-state index contributed by atoms with van der Waals surface area (Å²) in [5.74, 6) is -0.252. The molecule has 3 atom stereocenters. The lowest BCUT2D eigenvalue weighted by Gasteiger charge is -2.29. The molecular formula is C20H27N4O2+. The number of likely N-dealkylation sites (tertiary alicyclic amines) is 1. The molecule has 2 aromatic rings. The first-order valence-electron chi connectivity index (χ1n) is 9.22. The summed E-state index contributed by atoms with van der Waals surface area (Å²) in [7, 11) is 2.04. The van der Waals surface area contributed by atoms with Crippen LogP contribution in [0.15, 0.2) is 48.7 Å². The molecule has 0 bridgehead atoms. The average molecular weight is 355 g/mol. The molecule has 0 saturated carbocycles. The largest absolute Gasteiger partial charge is 0.350 e. The highest BCUT2D eigenvalue weighted by Crippen LogP contribution is 2.23. The minimum atomic E-state index is -0.438. The molecule has 0 radical (unpaired) electrons. The number of imide groups is 1. The fraction of sp³-hybridized carbons (Fsp3) is 0.400. The smallest absolute Gasteiger partial charge is 0.321 e. The van der Waals surface area contributed by atoms with Gasteiger partial charge >= 0.3 is 6.03 Å². The molecule has 1 aromatic heterocycles. The van der Waals surface area contributed by atoms with Crippen molar-refractivity contribution < 1.29 is 14.5 Å². The second-order valence-electron chi connectivity index (χ2n) is 6.76. The van der Waals surface area contributed by atoms with Crippen LogP contribution in [0.2, 0.25) is 0 Å². The molecule has 3 N–H and O–H groups in total. The van der Waals surface area contributed by atoms with Crippen molar-refractivity contribution in [2.75, 3.05) is 13.1 Å². The van der Waals surface area contributed by atoms with Crippen LogP contribution in [0.4, 0.5) is 4.79 Å². The van der Waals surface area contributed by atoms with Crippen LogP contribution in [-0.4, -0.2) is 29.6 Å². The molecule has 26 heavy (non-hydrogen) atoms. The third-order valence-corrected chi connectivity index (χ3v) is 5.09. The van der Waals surface area contributed by atoms with Crippen LogP contribution in [0.3, 0.4) is 0 Å². The molecule has 1 aliphatic rings. The van der Waals surface area contributed by atoms with E-state index in [9.17, 15) is 9.59 Å². The topological polar surface area (TPSA) is 67.6 Å². The molecule has 1 fully saturated rings. The molecule has 2 heterocycles.